The van der Waals surface area contributed by atoms with E-state index in [0.717, 1.165) is 6.92 Å². The van der Waals surface area contributed by atoms with Gasteiger partial charge in [-0.2, -0.15) is 0 Å². The van der Waals surface area contributed by atoms with Crippen molar-refractivity contribution in [2.24, 2.45) is 0 Å². The maximum atomic E-state index is 12.0. The van der Waals surface area contributed by atoms with Crippen LogP contribution in [0.5, 0.6) is 0 Å². The monoisotopic (exact) mass is 458 g/mol. The van der Waals surface area contributed by atoms with Crippen molar-refractivity contribution in [2.45, 2.75) is 50.8 Å². The highest BCUT2D eigenvalue weighted by Gasteiger charge is 2.52. The Bertz CT molecular complexity index is 974. The van der Waals surface area contributed by atoms with E-state index in [0.29, 0.717) is 11.1 Å². The van der Waals surface area contributed by atoms with Crippen LogP contribution in [0, 0.1) is 0 Å². The summed E-state index contributed by atoms with van der Waals surface area (Å²) in [5.41, 5.74) is 1.00. The topological polar surface area (TPSA) is 101 Å². The smallest absolute Gasteiger partial charge is 0.336 e. The van der Waals surface area contributed by atoms with E-state index in [4.69, 9.17) is 26.4 Å². The Hall–Kier alpha value is -3.04. The van der Waals surface area contributed by atoms with Crippen LogP contribution < -0.4 is 0 Å². The molecule has 1 heterocycles. The van der Waals surface area contributed by atoms with E-state index < -0.39 is 55.8 Å². The maximum absolute atomic E-state index is 12.0. The number of hydrogen-bond acceptors (Lipinski definition) is 7. The first-order valence-electron chi connectivity index (χ1n) is 11.5. The van der Waals surface area contributed by atoms with Crippen molar-refractivity contribution in [1.82, 2.24) is 0 Å². The maximum Gasteiger partial charge on any atom is 0.336 e. The number of rotatable bonds is 11. The van der Waals surface area contributed by atoms with Gasteiger partial charge in [0.15, 0.2) is 18.5 Å². The average Bonchev–Trinajstić information content (AvgIpc) is 2.85. The van der Waals surface area contributed by atoms with Crippen LogP contribution in [0.15, 0.2) is 73.3 Å². The van der Waals surface area contributed by atoms with E-state index in [9.17, 15) is 14.7 Å². The Labute approximate surface area is 195 Å². The predicted octanol–water partition coefficient (Wildman–Crippen LogP) is 3.10. The third-order valence-corrected chi connectivity index (χ3v) is 4.74. The lowest BCUT2D eigenvalue weighted by Gasteiger charge is -2.43. The van der Waals surface area contributed by atoms with Gasteiger partial charge in [-0.15, -0.1) is 6.58 Å². The molecular weight excluding hydrogens is 428 g/mol. The molecule has 1 N–H and O–H groups in total. The number of carbonyl (C=O) groups is 2. The minimum absolute atomic E-state index is 0.0151. The van der Waals surface area contributed by atoms with E-state index >= 15 is 0 Å². The third kappa shape index (κ3) is 6.97. The zero-order valence-electron chi connectivity index (χ0n) is 20.1. The van der Waals surface area contributed by atoms with E-state index in [1.54, 1.807) is 60.7 Å². The van der Waals surface area contributed by atoms with Gasteiger partial charge in [-0.1, -0.05) is 66.7 Å². The van der Waals surface area contributed by atoms with Crippen LogP contribution in [0.3, 0.4) is 0 Å². The zero-order chi connectivity index (χ0) is 25.4. The number of ether oxygens (including phenoxy) is 5. The van der Waals surface area contributed by atoms with Crippen LogP contribution in [0.4, 0.5) is 0 Å². The second-order valence-corrected chi connectivity index (χ2v) is 7.22. The molecule has 2 aromatic rings. The number of esters is 1. The molecule has 0 spiro atoms. The summed E-state index contributed by atoms with van der Waals surface area (Å²) in [6.45, 7) is 2.19. The Morgan fingerprint density at radius 1 is 0.970 bits per heavy atom. The molecule has 1 aliphatic heterocycles. The van der Waals surface area contributed by atoms with Gasteiger partial charge in [0.1, 0.15) is 12.2 Å². The fraction of sp³-hybridized carbons (Fsp3) is 0.360. The highest BCUT2D eigenvalue weighted by atomic mass is 16.7. The summed E-state index contributed by atoms with van der Waals surface area (Å²) in [5.74, 6) is -2.18. The number of aliphatic carboxylic acids is 1. The van der Waals surface area contributed by atoms with E-state index in [1.165, 1.54) is 6.08 Å². The molecule has 8 heteroatoms. The number of hydrogen-bond donors (Lipinski definition) is 1. The Balaban J connectivity index is 2.00. The first-order chi connectivity index (χ1) is 16.8. The van der Waals surface area contributed by atoms with Crippen LogP contribution in [0.2, 0.25) is 0 Å². The second-order valence-electron chi connectivity index (χ2n) is 7.22. The molecule has 0 radical (unpaired) electrons. The molecule has 0 bridgehead atoms. The molecule has 1 aliphatic rings. The summed E-state index contributed by atoms with van der Waals surface area (Å²) in [7, 11) is 0. The molecule has 7 atom stereocenters. The summed E-state index contributed by atoms with van der Waals surface area (Å²) in [4.78, 5) is 23.9. The van der Waals surface area contributed by atoms with Crippen LogP contribution in [0.25, 0.3) is 0 Å². The lowest BCUT2D eigenvalue weighted by Crippen LogP contribution is -2.63. The molecule has 33 heavy (non-hydrogen) atoms. The molecule has 0 amide bonds. The van der Waals surface area contributed by atoms with Crippen molar-refractivity contribution >= 4 is 11.9 Å². The molecule has 2 aromatic carbocycles. The molecule has 3 unspecified atom stereocenters. The van der Waals surface area contributed by atoms with Gasteiger partial charge in [0.05, 0.1) is 22.5 Å². The van der Waals surface area contributed by atoms with Gasteiger partial charge in [-0.3, -0.25) is 4.79 Å². The minimum atomic E-state index is -1.66. The van der Waals surface area contributed by atoms with Gasteiger partial charge >= 0.3 is 11.9 Å². The average molecular weight is 459 g/mol. The molecule has 1 saturated heterocycles. The Morgan fingerprint density at radius 2 is 1.52 bits per heavy atom. The van der Waals surface area contributed by atoms with Crippen LogP contribution in [0.1, 0.15) is 20.8 Å². The molecule has 8 nitrogen and oxygen atoms in total. The summed E-state index contributed by atoms with van der Waals surface area (Å²) in [6, 6.07) is 17.2. The van der Waals surface area contributed by atoms with E-state index in [2.05, 4.69) is 6.58 Å². The predicted molar refractivity (Wildman–Crippen MR) is 118 cm³/mol. The van der Waals surface area contributed by atoms with Crippen LogP contribution in [-0.4, -0.2) is 54.4 Å². The molecule has 1 fully saturated rings. The highest BCUT2D eigenvalue weighted by molar-refractivity contribution is 5.74. The summed E-state index contributed by atoms with van der Waals surface area (Å²) < 4.78 is 45.6. The zero-order valence-corrected chi connectivity index (χ0v) is 18.1. The van der Waals surface area contributed by atoms with Crippen LogP contribution in [-0.2, 0) is 46.4 Å². The standard InChI is InChI=1S/C25H28O8/c1-3-14-29-25-23(31-16-19-12-8-5-9-13-19)20(30-15-18-10-6-4-7-11-18)21(32-17(2)26)22(33-25)24(27)28/h3-13,20-23,25H,1,14-16H2,2H3,(H,27,28)/t20-,21-,22-,23+,25?/m0/s1/i15D,16D/t15?,16?,20-,21-,22-,23+,25?. The number of carboxylic acids is 1. The van der Waals surface area contributed by atoms with Gasteiger partial charge in [0.2, 0.25) is 0 Å². The first kappa shape index (κ1) is 21.8. The first-order valence-corrected chi connectivity index (χ1v) is 10.3. The largest absolute Gasteiger partial charge is 0.479 e. The lowest BCUT2D eigenvalue weighted by atomic mass is 9.97. The van der Waals surface area contributed by atoms with Gasteiger partial charge in [-0.25, -0.2) is 4.79 Å². The molecular formula is C25H28O8. The molecule has 176 valence electrons. The number of benzene rings is 2. The molecule has 0 aromatic heterocycles. The van der Waals surface area contributed by atoms with Crippen molar-refractivity contribution in [2.75, 3.05) is 6.61 Å². The van der Waals surface area contributed by atoms with Gasteiger partial charge in [-0.05, 0) is 11.1 Å². The normalized spacial score (nSPS) is 27.5. The minimum Gasteiger partial charge on any atom is -0.479 e. The SMILES string of the molecule is [2H]C(O[C@H]1[C@H](OC(C)=O)[C@@H](C(=O)O)OC(OCC=C)[C@@H]1OC([2H])c1ccccc1)c1ccccc1. The van der Waals surface area contributed by atoms with Gasteiger partial charge in [0, 0.05) is 6.92 Å². The third-order valence-electron chi connectivity index (χ3n) is 4.74. The lowest BCUT2D eigenvalue weighted by molar-refractivity contribution is -0.312. The Morgan fingerprint density at radius 3 is 2.00 bits per heavy atom. The van der Waals surface area contributed by atoms with Crippen molar-refractivity contribution < 1.29 is 41.1 Å². The van der Waals surface area contributed by atoms with Crippen molar-refractivity contribution in [1.29, 1.82) is 0 Å². The fourth-order valence-corrected chi connectivity index (χ4v) is 3.30. The summed E-state index contributed by atoms with van der Waals surface area (Å²) >= 11 is 0. The van der Waals surface area contributed by atoms with Crippen LogP contribution >= 0.6 is 0 Å². The van der Waals surface area contributed by atoms with E-state index in [1.807, 2.05) is 0 Å². The molecule has 3 rings (SSSR count). The molecule has 0 saturated carbocycles. The Kier molecular flexibility index (Phi) is 8.10. The second kappa shape index (κ2) is 12.3. The van der Waals surface area contributed by atoms with E-state index in [-0.39, 0.29) is 6.61 Å². The van der Waals surface area contributed by atoms with Crippen molar-refractivity contribution in [3.05, 3.63) is 84.4 Å². The van der Waals surface area contributed by atoms with Gasteiger partial charge in [0.25, 0.3) is 0 Å². The number of carbonyl (C=O) groups excluding carboxylic acids is 1. The van der Waals surface area contributed by atoms with Crippen molar-refractivity contribution in [3.8, 4) is 0 Å². The summed E-state index contributed by atoms with van der Waals surface area (Å²) in [6.07, 6.45) is -5.56. The quantitative estimate of drug-likeness (QED) is 0.405. The summed E-state index contributed by atoms with van der Waals surface area (Å²) in [5, 5.41) is 9.81. The van der Waals surface area contributed by atoms with Gasteiger partial charge < -0.3 is 28.8 Å². The van der Waals surface area contributed by atoms with Crippen molar-refractivity contribution in [3.63, 3.8) is 0 Å². The molecule has 0 aliphatic carbocycles. The highest BCUT2D eigenvalue weighted by Crippen LogP contribution is 2.30. The number of carboxylic acid groups (broad SMARTS) is 1. The fourth-order valence-electron chi connectivity index (χ4n) is 3.30.